The van der Waals surface area contributed by atoms with Gasteiger partial charge in [0.2, 0.25) is 17.0 Å². The number of aromatic nitrogens is 4. The zero-order valence-corrected chi connectivity index (χ0v) is 17.9. The van der Waals surface area contributed by atoms with E-state index in [0.29, 0.717) is 5.56 Å². The Morgan fingerprint density at radius 2 is 1.84 bits per heavy atom. The number of rotatable bonds is 9. The van der Waals surface area contributed by atoms with E-state index >= 15 is 0 Å². The van der Waals surface area contributed by atoms with Crippen molar-refractivity contribution in [2.24, 2.45) is 0 Å². The first-order chi connectivity index (χ1) is 15.6. The number of unbranched alkanes of at least 4 members (excludes halogenated alkanes) is 4. The van der Waals surface area contributed by atoms with Crippen LogP contribution < -0.4 is 11.2 Å². The second-order valence-electron chi connectivity index (χ2n) is 7.78. The van der Waals surface area contributed by atoms with Gasteiger partial charge in [-0.25, -0.2) is 0 Å². The Morgan fingerprint density at radius 3 is 2.56 bits per heavy atom. The minimum absolute atomic E-state index is 0.0186. The molecule has 4 rings (SSSR count). The Hall–Kier alpha value is -3.81. The Kier molecular flexibility index (Phi) is 6.39. The van der Waals surface area contributed by atoms with E-state index in [-0.39, 0.29) is 39.6 Å². The molecule has 0 saturated carbocycles. The average molecular weight is 431 g/mol. The highest BCUT2D eigenvalue weighted by atomic mass is 16.3. The number of fused-ring (bicyclic) bond motifs is 1. The number of para-hydroxylation sites is 1. The summed E-state index contributed by atoms with van der Waals surface area (Å²) in [6.07, 6.45) is 7.12. The van der Waals surface area contributed by atoms with Crippen molar-refractivity contribution in [3.63, 3.8) is 0 Å². The molecule has 0 bridgehead atoms. The molecule has 32 heavy (non-hydrogen) atoms. The summed E-state index contributed by atoms with van der Waals surface area (Å²) in [6.45, 7) is 2.21. The predicted octanol–water partition coefficient (Wildman–Crippen LogP) is 4.30. The van der Waals surface area contributed by atoms with E-state index in [4.69, 9.17) is 10.2 Å². The van der Waals surface area contributed by atoms with Gasteiger partial charge in [-0.15, -0.1) is 10.2 Å². The number of hydrogen-bond acceptors (Lipinski definition) is 7. The Labute approximate surface area is 184 Å². The topological polar surface area (TPSA) is 128 Å². The van der Waals surface area contributed by atoms with Crippen LogP contribution in [0.25, 0.3) is 22.6 Å². The van der Waals surface area contributed by atoms with Crippen molar-refractivity contribution in [2.45, 2.75) is 45.4 Å². The highest BCUT2D eigenvalue weighted by Gasteiger charge is 2.21. The number of nitrogens with one attached hydrogen (secondary N) is 1. The number of nitrogens with zero attached hydrogens (tertiary/aromatic N) is 3. The third-order valence-electron chi connectivity index (χ3n) is 5.53. The van der Waals surface area contributed by atoms with Crippen LogP contribution in [0.1, 0.15) is 60.5 Å². The third-order valence-corrected chi connectivity index (χ3v) is 5.53. The first kappa shape index (κ1) is 21.4. The average Bonchev–Trinajstić information content (AvgIpc) is 3.35. The summed E-state index contributed by atoms with van der Waals surface area (Å²) >= 11 is 0. The van der Waals surface area contributed by atoms with Crippen molar-refractivity contribution in [1.29, 1.82) is 0 Å². The van der Waals surface area contributed by atoms with Crippen molar-refractivity contribution in [2.75, 3.05) is 5.73 Å². The van der Waals surface area contributed by atoms with E-state index in [1.807, 2.05) is 24.3 Å². The molecule has 8 heteroatoms. The molecule has 0 aliphatic heterocycles. The van der Waals surface area contributed by atoms with Crippen LogP contribution in [0, 0.1) is 0 Å². The number of aromatic amines is 1. The molecule has 2 heterocycles. The number of benzene rings is 2. The number of nitrogens with two attached hydrogens (primary N) is 1. The summed E-state index contributed by atoms with van der Waals surface area (Å²) in [5.74, 6) is -0.209. The van der Waals surface area contributed by atoms with E-state index in [2.05, 4.69) is 27.5 Å². The Balaban J connectivity index is 1.63. The van der Waals surface area contributed by atoms with Crippen molar-refractivity contribution in [1.82, 2.24) is 20.6 Å². The highest BCUT2D eigenvalue weighted by Crippen LogP contribution is 2.27. The number of carbonyl (C=O) groups is 1. The molecule has 0 aliphatic carbocycles. The fraction of sp³-hybridized carbons (Fsp3) is 0.292. The van der Waals surface area contributed by atoms with Crippen molar-refractivity contribution in [3.8, 4) is 11.6 Å². The molecule has 0 saturated heterocycles. The van der Waals surface area contributed by atoms with Gasteiger partial charge in [-0.2, -0.15) is 5.21 Å². The maximum atomic E-state index is 13.3. The van der Waals surface area contributed by atoms with Crippen LogP contribution in [0.3, 0.4) is 0 Å². The zero-order chi connectivity index (χ0) is 22.5. The lowest BCUT2D eigenvalue weighted by Crippen LogP contribution is -2.12. The maximum Gasteiger partial charge on any atom is 0.242 e. The van der Waals surface area contributed by atoms with Gasteiger partial charge in [0.25, 0.3) is 0 Å². The largest absolute Gasteiger partial charge is 0.449 e. The van der Waals surface area contributed by atoms with E-state index in [9.17, 15) is 9.59 Å². The van der Waals surface area contributed by atoms with Gasteiger partial charge < -0.3 is 10.2 Å². The molecule has 164 valence electrons. The van der Waals surface area contributed by atoms with Crippen LogP contribution in [0.4, 0.5) is 5.69 Å². The van der Waals surface area contributed by atoms with Crippen molar-refractivity contribution >= 4 is 22.4 Å². The molecule has 3 N–H and O–H groups in total. The number of tetrazole rings is 1. The quantitative estimate of drug-likeness (QED) is 0.299. The van der Waals surface area contributed by atoms with Crippen LogP contribution >= 0.6 is 0 Å². The second kappa shape index (κ2) is 9.55. The summed E-state index contributed by atoms with van der Waals surface area (Å²) in [5, 5.41) is 13.7. The zero-order valence-electron chi connectivity index (χ0n) is 17.9. The van der Waals surface area contributed by atoms with Crippen LogP contribution in [-0.4, -0.2) is 26.4 Å². The molecule has 0 radical (unpaired) electrons. The summed E-state index contributed by atoms with van der Waals surface area (Å²) in [4.78, 5) is 26.0. The highest BCUT2D eigenvalue weighted by molar-refractivity contribution is 6.15. The Morgan fingerprint density at radius 1 is 1.06 bits per heavy atom. The van der Waals surface area contributed by atoms with E-state index < -0.39 is 5.43 Å². The maximum absolute atomic E-state index is 13.3. The number of aryl methyl sites for hydroxylation is 1. The summed E-state index contributed by atoms with van der Waals surface area (Å²) in [6, 6.07) is 12.5. The molecule has 0 atom stereocenters. The van der Waals surface area contributed by atoms with Gasteiger partial charge >= 0.3 is 0 Å². The SMILES string of the molecule is CCCCCCCc1ccc(C(=O)c2cccc3c(=O)c(N)c(-c4nn[nH]n4)oc23)cc1. The summed E-state index contributed by atoms with van der Waals surface area (Å²) in [5.41, 5.74) is 7.52. The lowest BCUT2D eigenvalue weighted by molar-refractivity contribution is 0.103. The molecule has 0 spiro atoms. The minimum Gasteiger partial charge on any atom is -0.449 e. The van der Waals surface area contributed by atoms with Crippen LogP contribution in [0.15, 0.2) is 51.7 Å². The fourth-order valence-corrected chi connectivity index (χ4v) is 3.74. The van der Waals surface area contributed by atoms with Gasteiger partial charge in [-0.1, -0.05) is 62.9 Å². The normalized spacial score (nSPS) is 11.2. The standard InChI is InChI=1S/C24H25N5O3/c1-2-3-4-5-6-8-15-11-13-16(14-12-15)20(30)17-9-7-10-18-21(31)19(25)23(32-22(17)18)24-26-28-29-27-24/h7,9-14H,2-6,8,25H2,1H3,(H,26,27,28,29). The molecular formula is C24H25N5O3. The number of hydrogen-bond donors (Lipinski definition) is 2. The van der Waals surface area contributed by atoms with E-state index in [1.165, 1.54) is 31.2 Å². The smallest absolute Gasteiger partial charge is 0.242 e. The monoisotopic (exact) mass is 431 g/mol. The lowest BCUT2D eigenvalue weighted by atomic mass is 9.98. The first-order valence-electron chi connectivity index (χ1n) is 10.8. The molecule has 0 amide bonds. The second-order valence-corrected chi connectivity index (χ2v) is 7.78. The lowest BCUT2D eigenvalue weighted by Gasteiger charge is -2.08. The number of nitrogen functional groups attached to an aromatic ring is 1. The fourth-order valence-electron chi connectivity index (χ4n) is 3.74. The number of anilines is 1. The number of carbonyl (C=O) groups excluding carboxylic acids is 1. The van der Waals surface area contributed by atoms with Crippen molar-refractivity contribution in [3.05, 3.63) is 69.4 Å². The van der Waals surface area contributed by atoms with Gasteiger partial charge in [-0.3, -0.25) is 9.59 Å². The Bertz CT molecular complexity index is 1280. The van der Waals surface area contributed by atoms with Crippen LogP contribution in [0.5, 0.6) is 0 Å². The van der Waals surface area contributed by atoms with E-state index in [0.717, 1.165) is 12.8 Å². The minimum atomic E-state index is -0.445. The van der Waals surface area contributed by atoms with Gasteiger partial charge in [0.15, 0.2) is 5.78 Å². The van der Waals surface area contributed by atoms with Gasteiger partial charge in [0.1, 0.15) is 11.3 Å². The van der Waals surface area contributed by atoms with Crippen LogP contribution in [0.2, 0.25) is 0 Å². The molecule has 2 aromatic carbocycles. The summed E-state index contributed by atoms with van der Waals surface area (Å²) in [7, 11) is 0. The molecular weight excluding hydrogens is 406 g/mol. The molecule has 8 nitrogen and oxygen atoms in total. The molecule has 0 fully saturated rings. The summed E-state index contributed by atoms with van der Waals surface area (Å²) < 4.78 is 5.87. The molecule has 0 aliphatic rings. The van der Waals surface area contributed by atoms with E-state index in [1.54, 1.807) is 18.2 Å². The van der Waals surface area contributed by atoms with Crippen LogP contribution in [-0.2, 0) is 6.42 Å². The number of H-pyrrole nitrogens is 1. The molecule has 2 aromatic heterocycles. The predicted molar refractivity (Wildman–Crippen MR) is 122 cm³/mol. The molecule has 0 unspecified atom stereocenters. The first-order valence-corrected chi connectivity index (χ1v) is 10.8. The van der Waals surface area contributed by atoms with Gasteiger partial charge in [-0.05, 0) is 35.8 Å². The third kappa shape index (κ3) is 4.30. The van der Waals surface area contributed by atoms with Gasteiger partial charge in [0.05, 0.1) is 10.9 Å². The van der Waals surface area contributed by atoms with Crippen molar-refractivity contribution < 1.29 is 9.21 Å². The van der Waals surface area contributed by atoms with Gasteiger partial charge in [0, 0.05) is 5.56 Å². The molecule has 4 aromatic rings. The number of ketones is 1.